The lowest BCUT2D eigenvalue weighted by Gasteiger charge is -2.07. The molecule has 96 valence electrons. The molecule has 0 heterocycles. The molecule has 0 saturated carbocycles. The smallest absolute Gasteiger partial charge is 0.219 e. The van der Waals surface area contributed by atoms with Gasteiger partial charge in [-0.15, -0.1) is 0 Å². The van der Waals surface area contributed by atoms with Crippen LogP contribution in [0.3, 0.4) is 0 Å². The number of hydrogen-bond acceptors (Lipinski definition) is 3. The minimum Gasteiger partial charge on any atom is -0.381 e. The summed E-state index contributed by atoms with van der Waals surface area (Å²) in [5.41, 5.74) is 0. The molecular formula is C12H26N2O2. The second-order valence-electron chi connectivity index (χ2n) is 4.35. The molecule has 0 aliphatic carbocycles. The van der Waals surface area contributed by atoms with Crippen molar-refractivity contribution in [1.29, 1.82) is 0 Å². The predicted molar refractivity (Wildman–Crippen MR) is 66.4 cm³/mol. The summed E-state index contributed by atoms with van der Waals surface area (Å²) in [4.78, 5) is 10.9. The van der Waals surface area contributed by atoms with E-state index in [0.29, 0.717) is 12.3 Å². The summed E-state index contributed by atoms with van der Waals surface area (Å²) in [6.07, 6.45) is 2.53. The minimum atomic E-state index is 0.113. The van der Waals surface area contributed by atoms with Gasteiger partial charge in [-0.3, -0.25) is 4.79 Å². The molecule has 0 unspecified atom stereocenters. The number of carbonyl (C=O) groups is 1. The third kappa shape index (κ3) is 11.5. The van der Waals surface area contributed by atoms with Crippen LogP contribution in [0.5, 0.6) is 0 Å². The van der Waals surface area contributed by atoms with E-state index < -0.39 is 0 Å². The zero-order valence-electron chi connectivity index (χ0n) is 10.8. The van der Waals surface area contributed by atoms with E-state index in [-0.39, 0.29) is 5.91 Å². The van der Waals surface area contributed by atoms with Crippen molar-refractivity contribution in [3.8, 4) is 0 Å². The first-order valence-electron chi connectivity index (χ1n) is 6.16. The lowest BCUT2D eigenvalue weighted by molar-refractivity contribution is -0.120. The van der Waals surface area contributed by atoms with E-state index in [1.165, 1.54) is 0 Å². The van der Waals surface area contributed by atoms with Crippen molar-refractivity contribution in [3.05, 3.63) is 0 Å². The van der Waals surface area contributed by atoms with Crippen LogP contribution in [0.2, 0.25) is 0 Å². The minimum absolute atomic E-state index is 0.113. The molecule has 0 fully saturated rings. The normalized spacial score (nSPS) is 10.8. The molecule has 0 aliphatic rings. The summed E-state index contributed by atoms with van der Waals surface area (Å²) < 4.78 is 5.45. The first-order chi connectivity index (χ1) is 7.66. The molecule has 1 amide bonds. The van der Waals surface area contributed by atoms with Gasteiger partial charge >= 0.3 is 0 Å². The summed E-state index contributed by atoms with van der Waals surface area (Å²) in [7, 11) is 1.67. The number of hydrogen-bond donors (Lipinski definition) is 2. The van der Waals surface area contributed by atoms with Crippen molar-refractivity contribution in [1.82, 2.24) is 10.6 Å². The van der Waals surface area contributed by atoms with E-state index in [4.69, 9.17) is 4.74 Å². The Labute approximate surface area is 99.1 Å². The third-order valence-corrected chi connectivity index (χ3v) is 2.13. The van der Waals surface area contributed by atoms with Crippen LogP contribution in [0.4, 0.5) is 0 Å². The fourth-order valence-electron chi connectivity index (χ4n) is 1.24. The van der Waals surface area contributed by atoms with Crippen molar-refractivity contribution in [2.45, 2.75) is 33.1 Å². The second kappa shape index (κ2) is 10.9. The molecule has 0 rings (SSSR count). The third-order valence-electron chi connectivity index (χ3n) is 2.13. The monoisotopic (exact) mass is 230 g/mol. The Morgan fingerprint density at radius 1 is 1.25 bits per heavy atom. The van der Waals surface area contributed by atoms with Gasteiger partial charge in [-0.05, 0) is 31.8 Å². The Kier molecular flexibility index (Phi) is 10.5. The number of carbonyl (C=O) groups excluding carboxylic acids is 1. The number of nitrogens with one attached hydrogen (secondary N) is 2. The van der Waals surface area contributed by atoms with Crippen LogP contribution in [0, 0.1) is 5.92 Å². The highest BCUT2D eigenvalue weighted by Gasteiger charge is 1.97. The van der Waals surface area contributed by atoms with Gasteiger partial charge in [-0.2, -0.15) is 0 Å². The predicted octanol–water partition coefficient (Wildman–Crippen LogP) is 1.16. The van der Waals surface area contributed by atoms with Gasteiger partial charge < -0.3 is 15.4 Å². The highest BCUT2D eigenvalue weighted by Crippen LogP contribution is 1.93. The van der Waals surface area contributed by atoms with E-state index in [2.05, 4.69) is 24.5 Å². The van der Waals surface area contributed by atoms with Crippen molar-refractivity contribution >= 4 is 5.91 Å². The Morgan fingerprint density at radius 3 is 2.56 bits per heavy atom. The Balaban J connectivity index is 3.01. The summed E-state index contributed by atoms with van der Waals surface area (Å²) in [5, 5.41) is 5.90. The van der Waals surface area contributed by atoms with Crippen molar-refractivity contribution < 1.29 is 9.53 Å². The zero-order valence-corrected chi connectivity index (χ0v) is 10.8. The maximum Gasteiger partial charge on any atom is 0.219 e. The van der Waals surface area contributed by atoms with E-state index in [9.17, 15) is 4.79 Å². The molecule has 4 heteroatoms. The molecule has 0 atom stereocenters. The van der Waals surface area contributed by atoms with Crippen molar-refractivity contribution in [2.75, 3.05) is 33.4 Å². The SMILES string of the molecule is CNC(=O)CCCNCCCOCC(C)C. The molecule has 0 aromatic heterocycles. The largest absolute Gasteiger partial charge is 0.381 e. The Bertz CT molecular complexity index is 172. The van der Waals surface area contributed by atoms with Gasteiger partial charge in [0.05, 0.1) is 0 Å². The van der Waals surface area contributed by atoms with E-state index in [0.717, 1.165) is 39.1 Å². The molecule has 0 aromatic rings. The topological polar surface area (TPSA) is 50.4 Å². The number of rotatable bonds is 10. The van der Waals surface area contributed by atoms with Crippen LogP contribution < -0.4 is 10.6 Å². The molecule has 0 bridgehead atoms. The quantitative estimate of drug-likeness (QED) is 0.554. The van der Waals surface area contributed by atoms with Gasteiger partial charge in [-0.1, -0.05) is 13.8 Å². The second-order valence-corrected chi connectivity index (χ2v) is 4.35. The van der Waals surface area contributed by atoms with E-state index in [1.54, 1.807) is 7.05 Å². The summed E-state index contributed by atoms with van der Waals surface area (Å²) in [6, 6.07) is 0. The van der Waals surface area contributed by atoms with Crippen molar-refractivity contribution in [3.63, 3.8) is 0 Å². The summed E-state index contributed by atoms with van der Waals surface area (Å²) in [6.45, 7) is 7.83. The van der Waals surface area contributed by atoms with Gasteiger partial charge in [0.25, 0.3) is 0 Å². The van der Waals surface area contributed by atoms with Crippen LogP contribution in [0.1, 0.15) is 33.1 Å². The maximum atomic E-state index is 10.9. The zero-order chi connectivity index (χ0) is 12.2. The molecule has 4 nitrogen and oxygen atoms in total. The highest BCUT2D eigenvalue weighted by atomic mass is 16.5. The van der Waals surface area contributed by atoms with E-state index >= 15 is 0 Å². The van der Waals surface area contributed by atoms with Crippen LogP contribution in [0.15, 0.2) is 0 Å². The average Bonchev–Trinajstić information content (AvgIpc) is 2.26. The Morgan fingerprint density at radius 2 is 1.94 bits per heavy atom. The van der Waals surface area contributed by atoms with Gasteiger partial charge in [-0.25, -0.2) is 0 Å². The van der Waals surface area contributed by atoms with Gasteiger partial charge in [0, 0.05) is 26.7 Å². The number of amides is 1. The molecule has 0 aliphatic heterocycles. The van der Waals surface area contributed by atoms with Crippen LogP contribution in [0.25, 0.3) is 0 Å². The van der Waals surface area contributed by atoms with Crippen LogP contribution in [-0.4, -0.2) is 39.3 Å². The van der Waals surface area contributed by atoms with Gasteiger partial charge in [0.2, 0.25) is 5.91 Å². The fraction of sp³-hybridized carbons (Fsp3) is 0.917. The Hall–Kier alpha value is -0.610. The highest BCUT2D eigenvalue weighted by molar-refractivity contribution is 5.75. The van der Waals surface area contributed by atoms with Crippen LogP contribution >= 0.6 is 0 Å². The van der Waals surface area contributed by atoms with Gasteiger partial charge in [0.15, 0.2) is 0 Å². The van der Waals surface area contributed by atoms with Gasteiger partial charge in [0.1, 0.15) is 0 Å². The van der Waals surface area contributed by atoms with Crippen LogP contribution in [-0.2, 0) is 9.53 Å². The van der Waals surface area contributed by atoms with E-state index in [1.807, 2.05) is 0 Å². The average molecular weight is 230 g/mol. The standard InChI is InChI=1S/C12H26N2O2/c1-11(2)10-16-9-5-8-14-7-4-6-12(15)13-3/h11,14H,4-10H2,1-3H3,(H,13,15). The maximum absolute atomic E-state index is 10.9. The lowest BCUT2D eigenvalue weighted by Crippen LogP contribution is -2.22. The molecule has 0 spiro atoms. The summed E-state index contributed by atoms with van der Waals surface area (Å²) >= 11 is 0. The number of ether oxygens (including phenoxy) is 1. The first-order valence-corrected chi connectivity index (χ1v) is 6.16. The molecular weight excluding hydrogens is 204 g/mol. The molecule has 2 N–H and O–H groups in total. The fourth-order valence-corrected chi connectivity index (χ4v) is 1.24. The molecule has 16 heavy (non-hydrogen) atoms. The lowest BCUT2D eigenvalue weighted by atomic mass is 10.2. The molecule has 0 radical (unpaired) electrons. The van der Waals surface area contributed by atoms with Crippen molar-refractivity contribution in [2.24, 2.45) is 5.92 Å². The molecule has 0 aromatic carbocycles. The first kappa shape index (κ1) is 15.4. The molecule has 0 saturated heterocycles. The summed E-state index contributed by atoms with van der Waals surface area (Å²) in [5.74, 6) is 0.725.